The highest BCUT2D eigenvalue weighted by Gasteiger charge is 2.40. The Kier molecular flexibility index (Phi) is 6.32. The van der Waals surface area contributed by atoms with Gasteiger partial charge in [-0.2, -0.15) is 0 Å². The summed E-state index contributed by atoms with van der Waals surface area (Å²) in [7, 11) is 0. The normalized spacial score (nSPS) is 18.1. The Morgan fingerprint density at radius 3 is 2.68 bits per heavy atom. The van der Waals surface area contributed by atoms with Crippen molar-refractivity contribution in [2.45, 2.75) is 38.9 Å². The minimum atomic E-state index is -0.0749. The molecule has 0 bridgehead atoms. The summed E-state index contributed by atoms with van der Waals surface area (Å²) in [6.45, 7) is 5.53. The molecule has 0 radical (unpaired) electrons. The van der Waals surface area contributed by atoms with Crippen LogP contribution in [0.5, 0.6) is 0 Å². The van der Waals surface area contributed by atoms with Crippen LogP contribution in [0.25, 0.3) is 0 Å². The number of aromatic nitrogens is 2. The standard InChI is InChI=1S/C24H27N5OS/c1-3-28-15-6-8-20(28)23-22(19-7-4-5-14-25-19)27-24(31)29(23)16-13-21(30)26-18-11-9-17(2)10-12-18/h4-12,14-15,22-23H,3,13,16H2,1-2H3,(H,26,30)(H,27,31)/t22-,23-/m0/s1. The topological polar surface area (TPSA) is 62.2 Å². The number of benzene rings is 1. The molecule has 2 N–H and O–H groups in total. The summed E-state index contributed by atoms with van der Waals surface area (Å²) in [4.78, 5) is 19.3. The molecule has 0 saturated carbocycles. The maximum atomic E-state index is 12.6. The summed E-state index contributed by atoms with van der Waals surface area (Å²) in [6, 6.07) is 17.8. The minimum Gasteiger partial charge on any atom is -0.352 e. The lowest BCUT2D eigenvalue weighted by Crippen LogP contribution is -2.33. The van der Waals surface area contributed by atoms with Gasteiger partial charge in [0.1, 0.15) is 0 Å². The summed E-state index contributed by atoms with van der Waals surface area (Å²) < 4.78 is 2.22. The van der Waals surface area contributed by atoms with Crippen LogP contribution in [0.2, 0.25) is 0 Å². The highest BCUT2D eigenvalue weighted by molar-refractivity contribution is 7.80. The Labute approximate surface area is 188 Å². The molecule has 1 fully saturated rings. The Hall–Kier alpha value is -3.19. The van der Waals surface area contributed by atoms with Gasteiger partial charge < -0.3 is 20.1 Å². The Morgan fingerprint density at radius 2 is 1.97 bits per heavy atom. The maximum Gasteiger partial charge on any atom is 0.226 e. The van der Waals surface area contributed by atoms with Crippen molar-refractivity contribution in [2.24, 2.45) is 0 Å². The number of pyridine rings is 1. The molecule has 160 valence electrons. The van der Waals surface area contributed by atoms with Gasteiger partial charge in [-0.05, 0) is 62.5 Å². The monoisotopic (exact) mass is 433 g/mol. The van der Waals surface area contributed by atoms with E-state index in [1.807, 2.05) is 49.4 Å². The number of nitrogens with zero attached hydrogens (tertiary/aromatic N) is 3. The van der Waals surface area contributed by atoms with Crippen molar-refractivity contribution in [2.75, 3.05) is 11.9 Å². The first-order chi connectivity index (χ1) is 15.1. The number of aryl methyl sites for hydroxylation is 2. The summed E-state index contributed by atoms with van der Waals surface area (Å²) in [5, 5.41) is 7.06. The fourth-order valence-corrected chi connectivity index (χ4v) is 4.37. The molecule has 0 unspecified atom stereocenters. The number of thiocarbonyl (C=S) groups is 1. The van der Waals surface area contributed by atoms with E-state index in [1.165, 1.54) is 0 Å². The Morgan fingerprint density at radius 1 is 1.16 bits per heavy atom. The SMILES string of the molecule is CCn1cccc1[C@H]1[C@H](c2ccccn2)NC(=S)N1CCC(=O)Nc1ccc(C)cc1. The van der Waals surface area contributed by atoms with Crippen molar-refractivity contribution < 1.29 is 4.79 Å². The molecule has 6 nitrogen and oxygen atoms in total. The predicted molar refractivity (Wildman–Crippen MR) is 127 cm³/mol. The molecular weight excluding hydrogens is 406 g/mol. The van der Waals surface area contributed by atoms with E-state index in [-0.39, 0.29) is 18.0 Å². The van der Waals surface area contributed by atoms with Crippen LogP contribution in [-0.2, 0) is 11.3 Å². The largest absolute Gasteiger partial charge is 0.352 e. The molecule has 1 amide bonds. The van der Waals surface area contributed by atoms with Gasteiger partial charge in [-0.15, -0.1) is 0 Å². The number of anilines is 1. The zero-order chi connectivity index (χ0) is 21.8. The summed E-state index contributed by atoms with van der Waals surface area (Å²) >= 11 is 5.69. The van der Waals surface area contributed by atoms with Gasteiger partial charge in [0.25, 0.3) is 0 Å². The predicted octanol–water partition coefficient (Wildman–Crippen LogP) is 4.21. The van der Waals surface area contributed by atoms with E-state index < -0.39 is 0 Å². The molecule has 7 heteroatoms. The Bertz CT molecular complexity index is 1050. The highest BCUT2D eigenvalue weighted by atomic mass is 32.1. The first kappa shape index (κ1) is 21.1. The van der Waals surface area contributed by atoms with Crippen LogP contribution >= 0.6 is 12.2 Å². The smallest absolute Gasteiger partial charge is 0.226 e. The van der Waals surface area contributed by atoms with Crippen LogP contribution < -0.4 is 10.6 Å². The van der Waals surface area contributed by atoms with Crippen molar-refractivity contribution in [1.29, 1.82) is 0 Å². The third-order valence-electron chi connectivity index (χ3n) is 5.62. The highest BCUT2D eigenvalue weighted by Crippen LogP contribution is 2.38. The number of rotatable bonds is 7. The van der Waals surface area contributed by atoms with Gasteiger partial charge in [0, 0.05) is 43.3 Å². The maximum absolute atomic E-state index is 12.6. The Balaban J connectivity index is 1.54. The first-order valence-electron chi connectivity index (χ1n) is 10.6. The fourth-order valence-electron chi connectivity index (χ4n) is 4.03. The lowest BCUT2D eigenvalue weighted by atomic mass is 10.0. The average Bonchev–Trinajstić information content (AvgIpc) is 3.38. The number of carbonyl (C=O) groups is 1. The molecule has 0 spiro atoms. The summed E-state index contributed by atoms with van der Waals surface area (Å²) in [5.74, 6) is -0.0300. The van der Waals surface area contributed by atoms with Crippen LogP contribution in [0, 0.1) is 6.92 Å². The number of amides is 1. The second-order valence-electron chi connectivity index (χ2n) is 7.70. The number of carbonyl (C=O) groups excluding carboxylic acids is 1. The first-order valence-corrected chi connectivity index (χ1v) is 11.0. The lowest BCUT2D eigenvalue weighted by Gasteiger charge is -2.28. The van der Waals surface area contributed by atoms with Crippen LogP contribution in [-0.4, -0.2) is 32.0 Å². The van der Waals surface area contributed by atoms with E-state index >= 15 is 0 Å². The minimum absolute atomic E-state index is 0.0300. The van der Waals surface area contributed by atoms with Crippen LogP contribution in [0.3, 0.4) is 0 Å². The van der Waals surface area contributed by atoms with Crippen molar-refractivity contribution in [3.63, 3.8) is 0 Å². The van der Waals surface area contributed by atoms with Crippen LogP contribution in [0.1, 0.15) is 42.4 Å². The van der Waals surface area contributed by atoms with Crippen molar-refractivity contribution >= 4 is 28.9 Å². The van der Waals surface area contributed by atoms with E-state index in [4.69, 9.17) is 12.2 Å². The van der Waals surface area contributed by atoms with Gasteiger partial charge >= 0.3 is 0 Å². The third kappa shape index (κ3) is 4.61. The van der Waals surface area contributed by atoms with Gasteiger partial charge in [-0.25, -0.2) is 0 Å². The molecular formula is C24H27N5OS. The van der Waals surface area contributed by atoms with Gasteiger partial charge in [0.2, 0.25) is 5.91 Å². The molecule has 2 aromatic heterocycles. The fraction of sp³-hybridized carbons (Fsp3) is 0.292. The van der Waals surface area contributed by atoms with E-state index in [2.05, 4.69) is 50.3 Å². The van der Waals surface area contributed by atoms with Gasteiger partial charge in [0.05, 0.1) is 17.8 Å². The molecule has 31 heavy (non-hydrogen) atoms. The van der Waals surface area contributed by atoms with Crippen LogP contribution in [0.4, 0.5) is 5.69 Å². The van der Waals surface area contributed by atoms with E-state index in [9.17, 15) is 4.79 Å². The quantitative estimate of drug-likeness (QED) is 0.547. The van der Waals surface area contributed by atoms with Crippen LogP contribution in [0.15, 0.2) is 67.0 Å². The van der Waals surface area contributed by atoms with E-state index in [0.717, 1.165) is 29.2 Å². The molecule has 1 aliphatic heterocycles. The average molecular weight is 434 g/mol. The number of hydrogen-bond donors (Lipinski definition) is 2. The molecule has 1 saturated heterocycles. The van der Waals surface area contributed by atoms with Gasteiger partial charge in [-0.3, -0.25) is 9.78 Å². The number of nitrogens with one attached hydrogen (secondary N) is 2. The molecule has 2 atom stereocenters. The summed E-state index contributed by atoms with van der Waals surface area (Å²) in [5.41, 5.74) is 4.06. The zero-order valence-electron chi connectivity index (χ0n) is 17.8. The molecule has 1 aliphatic rings. The molecule has 0 aliphatic carbocycles. The molecule has 3 aromatic rings. The lowest BCUT2D eigenvalue weighted by molar-refractivity contribution is -0.116. The molecule has 4 rings (SSSR count). The summed E-state index contributed by atoms with van der Waals surface area (Å²) in [6.07, 6.45) is 4.22. The van der Waals surface area contributed by atoms with Gasteiger partial charge in [-0.1, -0.05) is 23.8 Å². The van der Waals surface area contributed by atoms with E-state index in [0.29, 0.717) is 18.1 Å². The zero-order valence-corrected chi connectivity index (χ0v) is 18.6. The number of hydrogen-bond acceptors (Lipinski definition) is 3. The second kappa shape index (κ2) is 9.31. The van der Waals surface area contributed by atoms with Gasteiger partial charge in [0.15, 0.2) is 5.11 Å². The molecule has 3 heterocycles. The molecule has 1 aromatic carbocycles. The second-order valence-corrected chi connectivity index (χ2v) is 8.09. The van der Waals surface area contributed by atoms with E-state index in [1.54, 1.807) is 6.20 Å². The van der Waals surface area contributed by atoms with Crippen molar-refractivity contribution in [3.05, 3.63) is 83.9 Å². The van der Waals surface area contributed by atoms with Crippen molar-refractivity contribution in [1.82, 2.24) is 19.8 Å². The third-order valence-corrected chi connectivity index (χ3v) is 5.97. The van der Waals surface area contributed by atoms with Crippen molar-refractivity contribution in [3.8, 4) is 0 Å².